The van der Waals surface area contributed by atoms with Crippen LogP contribution in [0.5, 0.6) is 5.88 Å². The van der Waals surface area contributed by atoms with Crippen LogP contribution in [0.25, 0.3) is 0 Å². The SMILES string of the molecule is N#Cc1ccnc(NCc2ccc(OC3CCCC3)nc2)c1[N+](=O)[O-]. The van der Waals surface area contributed by atoms with E-state index in [4.69, 9.17) is 10.00 Å². The highest BCUT2D eigenvalue weighted by Crippen LogP contribution is 2.26. The maximum absolute atomic E-state index is 11.2. The van der Waals surface area contributed by atoms with E-state index in [9.17, 15) is 10.1 Å². The predicted octanol–water partition coefficient (Wildman–Crippen LogP) is 3.19. The van der Waals surface area contributed by atoms with E-state index in [0.29, 0.717) is 12.4 Å². The highest BCUT2D eigenvalue weighted by molar-refractivity contribution is 5.64. The summed E-state index contributed by atoms with van der Waals surface area (Å²) in [4.78, 5) is 18.8. The van der Waals surface area contributed by atoms with E-state index in [0.717, 1.165) is 18.4 Å². The van der Waals surface area contributed by atoms with Crippen molar-refractivity contribution in [1.82, 2.24) is 9.97 Å². The summed E-state index contributed by atoms with van der Waals surface area (Å²) in [6.07, 6.45) is 7.80. The molecule has 0 spiro atoms. The van der Waals surface area contributed by atoms with E-state index >= 15 is 0 Å². The van der Waals surface area contributed by atoms with Crippen molar-refractivity contribution in [3.63, 3.8) is 0 Å². The average Bonchev–Trinajstić information content (AvgIpc) is 3.13. The van der Waals surface area contributed by atoms with Crippen molar-refractivity contribution in [1.29, 1.82) is 5.26 Å². The molecule has 128 valence electrons. The van der Waals surface area contributed by atoms with Gasteiger partial charge in [0.2, 0.25) is 11.7 Å². The number of hydrogen-bond donors (Lipinski definition) is 1. The Morgan fingerprint density at radius 2 is 2.12 bits per heavy atom. The van der Waals surface area contributed by atoms with Crippen molar-refractivity contribution in [3.05, 3.63) is 51.8 Å². The smallest absolute Gasteiger partial charge is 0.328 e. The number of pyridine rings is 2. The molecule has 2 heterocycles. The first-order valence-corrected chi connectivity index (χ1v) is 8.06. The second-order valence-corrected chi connectivity index (χ2v) is 5.81. The van der Waals surface area contributed by atoms with E-state index in [-0.39, 0.29) is 23.2 Å². The number of hydrogen-bond acceptors (Lipinski definition) is 7. The zero-order valence-corrected chi connectivity index (χ0v) is 13.5. The van der Waals surface area contributed by atoms with Crippen molar-refractivity contribution in [2.45, 2.75) is 38.3 Å². The van der Waals surface area contributed by atoms with E-state index in [2.05, 4.69) is 15.3 Å². The van der Waals surface area contributed by atoms with Gasteiger partial charge in [0.05, 0.1) is 4.92 Å². The summed E-state index contributed by atoms with van der Waals surface area (Å²) < 4.78 is 5.80. The zero-order valence-electron chi connectivity index (χ0n) is 13.5. The number of aromatic nitrogens is 2. The molecule has 3 rings (SSSR count). The maximum Gasteiger partial charge on any atom is 0.328 e. The van der Waals surface area contributed by atoms with Crippen LogP contribution in [0.15, 0.2) is 30.6 Å². The first-order chi connectivity index (χ1) is 12.2. The number of nitrogens with zero attached hydrogens (tertiary/aromatic N) is 4. The molecular formula is C17H17N5O3. The first kappa shape index (κ1) is 16.6. The number of nitriles is 1. The Hall–Kier alpha value is -3.21. The third kappa shape index (κ3) is 4.01. The van der Waals surface area contributed by atoms with Gasteiger partial charge in [-0.25, -0.2) is 9.97 Å². The van der Waals surface area contributed by atoms with Crippen LogP contribution in [0.3, 0.4) is 0 Å². The number of anilines is 1. The largest absolute Gasteiger partial charge is 0.474 e. The molecule has 1 N–H and O–H groups in total. The lowest BCUT2D eigenvalue weighted by molar-refractivity contribution is -0.384. The van der Waals surface area contributed by atoms with Gasteiger partial charge in [0.1, 0.15) is 17.7 Å². The molecule has 0 radical (unpaired) electrons. The predicted molar refractivity (Wildman–Crippen MR) is 90.1 cm³/mol. The zero-order chi connectivity index (χ0) is 17.6. The summed E-state index contributed by atoms with van der Waals surface area (Å²) in [5.41, 5.74) is 0.484. The summed E-state index contributed by atoms with van der Waals surface area (Å²) in [6, 6.07) is 6.77. The number of rotatable bonds is 6. The molecule has 8 nitrogen and oxygen atoms in total. The molecule has 0 amide bonds. The molecule has 2 aromatic rings. The minimum Gasteiger partial charge on any atom is -0.474 e. The second kappa shape index (κ2) is 7.57. The Morgan fingerprint density at radius 3 is 2.76 bits per heavy atom. The molecule has 1 saturated carbocycles. The van der Waals surface area contributed by atoms with Crippen LogP contribution < -0.4 is 10.1 Å². The van der Waals surface area contributed by atoms with Gasteiger partial charge in [0, 0.05) is 25.0 Å². The highest BCUT2D eigenvalue weighted by atomic mass is 16.6. The molecule has 0 unspecified atom stereocenters. The number of ether oxygens (including phenoxy) is 1. The fraction of sp³-hybridized carbons (Fsp3) is 0.353. The number of nitro groups is 1. The highest BCUT2D eigenvalue weighted by Gasteiger charge is 2.21. The summed E-state index contributed by atoms with van der Waals surface area (Å²) >= 11 is 0. The standard InChI is InChI=1S/C17H17N5O3/c18-9-13-7-8-19-17(16(13)22(23)24)21-11-12-5-6-15(20-10-12)25-14-3-1-2-4-14/h5-8,10,14H,1-4,11H2,(H,19,21). The molecule has 0 aliphatic heterocycles. The maximum atomic E-state index is 11.2. The Balaban J connectivity index is 1.66. The molecule has 0 bridgehead atoms. The van der Waals surface area contributed by atoms with Gasteiger partial charge >= 0.3 is 5.69 Å². The van der Waals surface area contributed by atoms with Crippen LogP contribution in [0, 0.1) is 21.4 Å². The Bertz CT molecular complexity index is 795. The van der Waals surface area contributed by atoms with Crippen molar-refractivity contribution in [3.8, 4) is 11.9 Å². The van der Waals surface area contributed by atoms with Crippen LogP contribution in [0.4, 0.5) is 11.5 Å². The van der Waals surface area contributed by atoms with Gasteiger partial charge in [-0.05, 0) is 37.3 Å². The Kier molecular flexibility index (Phi) is 5.04. The van der Waals surface area contributed by atoms with Crippen LogP contribution >= 0.6 is 0 Å². The molecule has 0 aromatic carbocycles. The fourth-order valence-electron chi connectivity index (χ4n) is 2.81. The lowest BCUT2D eigenvalue weighted by Gasteiger charge is -2.12. The van der Waals surface area contributed by atoms with Gasteiger partial charge in [-0.3, -0.25) is 10.1 Å². The molecule has 1 fully saturated rings. The number of nitrogens with one attached hydrogen (secondary N) is 1. The normalized spacial score (nSPS) is 14.0. The van der Waals surface area contributed by atoms with Crippen molar-refractivity contribution in [2.75, 3.05) is 5.32 Å². The summed E-state index contributed by atoms with van der Waals surface area (Å²) in [5, 5.41) is 23.1. The third-order valence-corrected chi connectivity index (χ3v) is 4.07. The van der Waals surface area contributed by atoms with Gasteiger partial charge in [-0.15, -0.1) is 0 Å². The molecule has 0 atom stereocenters. The van der Waals surface area contributed by atoms with Gasteiger partial charge in [0.25, 0.3) is 0 Å². The van der Waals surface area contributed by atoms with Crippen LogP contribution in [0.2, 0.25) is 0 Å². The lowest BCUT2D eigenvalue weighted by atomic mass is 10.2. The minimum absolute atomic E-state index is 0.0269. The first-order valence-electron chi connectivity index (χ1n) is 8.06. The Labute approximate surface area is 144 Å². The average molecular weight is 339 g/mol. The van der Waals surface area contributed by atoms with Crippen LogP contribution in [-0.2, 0) is 6.54 Å². The molecule has 1 aliphatic rings. The second-order valence-electron chi connectivity index (χ2n) is 5.81. The molecule has 2 aromatic heterocycles. The van der Waals surface area contributed by atoms with E-state index in [1.807, 2.05) is 6.07 Å². The van der Waals surface area contributed by atoms with Crippen LogP contribution in [-0.4, -0.2) is 21.0 Å². The van der Waals surface area contributed by atoms with E-state index in [1.54, 1.807) is 18.3 Å². The van der Waals surface area contributed by atoms with Crippen LogP contribution in [0.1, 0.15) is 36.8 Å². The molecular weight excluding hydrogens is 322 g/mol. The third-order valence-electron chi connectivity index (χ3n) is 4.07. The van der Waals surface area contributed by atoms with Gasteiger partial charge in [-0.2, -0.15) is 5.26 Å². The summed E-state index contributed by atoms with van der Waals surface area (Å²) in [6.45, 7) is 0.305. The molecule has 0 saturated heterocycles. The topological polar surface area (TPSA) is 114 Å². The van der Waals surface area contributed by atoms with Gasteiger partial charge < -0.3 is 10.1 Å². The van der Waals surface area contributed by atoms with Gasteiger partial charge in [0.15, 0.2) is 0 Å². The fourth-order valence-corrected chi connectivity index (χ4v) is 2.81. The van der Waals surface area contributed by atoms with E-state index in [1.165, 1.54) is 25.1 Å². The van der Waals surface area contributed by atoms with Crippen molar-refractivity contribution in [2.24, 2.45) is 0 Å². The molecule has 25 heavy (non-hydrogen) atoms. The minimum atomic E-state index is -0.606. The summed E-state index contributed by atoms with van der Waals surface area (Å²) in [7, 11) is 0. The lowest BCUT2D eigenvalue weighted by Crippen LogP contribution is -2.12. The molecule has 8 heteroatoms. The van der Waals surface area contributed by atoms with Crippen molar-refractivity contribution >= 4 is 11.5 Å². The quantitative estimate of drug-likeness (QED) is 0.635. The van der Waals surface area contributed by atoms with Crippen molar-refractivity contribution < 1.29 is 9.66 Å². The molecule has 1 aliphatic carbocycles. The van der Waals surface area contributed by atoms with E-state index < -0.39 is 4.92 Å². The summed E-state index contributed by atoms with van der Waals surface area (Å²) in [5.74, 6) is 0.654. The Morgan fingerprint density at radius 1 is 1.32 bits per heavy atom. The van der Waals surface area contributed by atoms with Gasteiger partial charge in [-0.1, -0.05) is 6.07 Å². The monoisotopic (exact) mass is 339 g/mol.